The highest BCUT2D eigenvalue weighted by atomic mass is 16.7. The van der Waals surface area contributed by atoms with E-state index in [4.69, 9.17) is 14.2 Å². The van der Waals surface area contributed by atoms with Crippen molar-refractivity contribution in [2.45, 2.75) is 63.0 Å². The van der Waals surface area contributed by atoms with Crippen LogP contribution in [0.1, 0.15) is 31.7 Å². The Kier molecular flexibility index (Phi) is 7.09. The number of ether oxygens (including phenoxy) is 3. The molecular formula is C20H25NO8. The molecule has 0 spiro atoms. The van der Waals surface area contributed by atoms with Crippen molar-refractivity contribution in [2.24, 2.45) is 0 Å². The third-order valence-corrected chi connectivity index (χ3v) is 5.05. The van der Waals surface area contributed by atoms with Crippen LogP contribution >= 0.6 is 0 Å². The second-order valence-electron chi connectivity index (χ2n) is 7.17. The summed E-state index contributed by atoms with van der Waals surface area (Å²) in [5.41, 5.74) is 0.189. The van der Waals surface area contributed by atoms with E-state index in [9.17, 15) is 25.1 Å². The van der Waals surface area contributed by atoms with E-state index in [1.54, 1.807) is 12.1 Å². The van der Waals surface area contributed by atoms with Crippen LogP contribution in [-0.4, -0.2) is 64.3 Å². The maximum absolute atomic E-state index is 12.3. The van der Waals surface area contributed by atoms with Gasteiger partial charge in [-0.05, 0) is 24.6 Å². The number of ketones is 1. The van der Waals surface area contributed by atoms with Crippen LogP contribution < -0.4 is 0 Å². The topological polar surface area (TPSA) is 128 Å². The van der Waals surface area contributed by atoms with Gasteiger partial charge in [-0.1, -0.05) is 25.5 Å². The molecule has 0 aliphatic carbocycles. The van der Waals surface area contributed by atoms with Gasteiger partial charge in [0, 0.05) is 12.5 Å². The van der Waals surface area contributed by atoms with Crippen molar-refractivity contribution in [2.75, 3.05) is 6.61 Å². The number of fused-ring (bicyclic) bond motifs is 1. The van der Waals surface area contributed by atoms with Crippen LogP contribution in [0.5, 0.6) is 0 Å². The Hall–Kier alpha value is -2.17. The first-order valence-corrected chi connectivity index (χ1v) is 9.63. The average Bonchev–Trinajstić information content (AvgIpc) is 2.71. The third-order valence-electron chi connectivity index (χ3n) is 5.05. The molecule has 0 saturated carbocycles. The van der Waals surface area contributed by atoms with Gasteiger partial charge >= 0.3 is 0 Å². The SMILES string of the molecule is CCCC1OC[C@H]2O[C@@H](CC(=O)/C=C/c3ccccc3[N+](=O)[O-])[C@H](O)[C@@H](O)[C@@H]2O1. The van der Waals surface area contributed by atoms with E-state index in [0.29, 0.717) is 12.0 Å². The monoisotopic (exact) mass is 407 g/mol. The van der Waals surface area contributed by atoms with E-state index < -0.39 is 41.7 Å². The number of carbonyl (C=O) groups excluding carboxylic acids is 1. The second kappa shape index (κ2) is 9.55. The number of nitro groups is 1. The van der Waals surface area contributed by atoms with Crippen molar-refractivity contribution in [1.29, 1.82) is 0 Å². The Balaban J connectivity index is 1.62. The number of aliphatic hydroxyl groups excluding tert-OH is 2. The first-order valence-electron chi connectivity index (χ1n) is 9.63. The summed E-state index contributed by atoms with van der Waals surface area (Å²) in [6, 6.07) is 6.06. The summed E-state index contributed by atoms with van der Waals surface area (Å²) in [7, 11) is 0. The van der Waals surface area contributed by atoms with E-state index in [1.807, 2.05) is 6.92 Å². The molecule has 2 aliphatic heterocycles. The lowest BCUT2D eigenvalue weighted by Gasteiger charge is -2.46. The summed E-state index contributed by atoms with van der Waals surface area (Å²) in [6.07, 6.45) is -1.26. The average molecular weight is 407 g/mol. The van der Waals surface area contributed by atoms with Gasteiger partial charge in [0.15, 0.2) is 12.1 Å². The van der Waals surface area contributed by atoms with Gasteiger partial charge in [-0.2, -0.15) is 0 Å². The van der Waals surface area contributed by atoms with Crippen molar-refractivity contribution in [3.05, 3.63) is 46.0 Å². The number of hydrogen-bond acceptors (Lipinski definition) is 8. The molecular weight excluding hydrogens is 382 g/mol. The normalized spacial score (nSPS) is 32.1. The molecule has 2 aliphatic rings. The molecule has 0 aromatic heterocycles. The number of para-hydroxylation sites is 1. The minimum absolute atomic E-state index is 0.109. The number of hydrogen-bond donors (Lipinski definition) is 2. The fraction of sp³-hybridized carbons (Fsp3) is 0.550. The van der Waals surface area contributed by atoms with E-state index in [2.05, 4.69) is 0 Å². The quantitative estimate of drug-likeness (QED) is 0.396. The fourth-order valence-electron chi connectivity index (χ4n) is 3.54. The number of benzene rings is 1. The maximum Gasteiger partial charge on any atom is 0.276 e. The Morgan fingerprint density at radius 3 is 2.76 bits per heavy atom. The van der Waals surface area contributed by atoms with Gasteiger partial charge in [0.25, 0.3) is 5.69 Å². The Morgan fingerprint density at radius 1 is 1.28 bits per heavy atom. The molecule has 1 aromatic carbocycles. The molecule has 9 nitrogen and oxygen atoms in total. The maximum atomic E-state index is 12.3. The summed E-state index contributed by atoms with van der Waals surface area (Å²) < 4.78 is 17.0. The van der Waals surface area contributed by atoms with Crippen LogP contribution in [0.3, 0.4) is 0 Å². The van der Waals surface area contributed by atoms with Gasteiger partial charge in [-0.15, -0.1) is 0 Å². The highest BCUT2D eigenvalue weighted by molar-refractivity contribution is 5.94. The van der Waals surface area contributed by atoms with Crippen molar-refractivity contribution >= 4 is 17.5 Å². The smallest absolute Gasteiger partial charge is 0.276 e. The molecule has 158 valence electrons. The number of aliphatic hydroxyl groups is 2. The van der Waals surface area contributed by atoms with Gasteiger partial charge < -0.3 is 24.4 Å². The van der Waals surface area contributed by atoms with Gasteiger partial charge in [0.2, 0.25) is 0 Å². The lowest BCUT2D eigenvalue weighted by molar-refractivity contribution is -0.385. The molecule has 1 aromatic rings. The summed E-state index contributed by atoms with van der Waals surface area (Å²) in [5, 5.41) is 31.9. The minimum Gasteiger partial charge on any atom is -0.388 e. The number of nitrogens with zero attached hydrogens (tertiary/aromatic N) is 1. The van der Waals surface area contributed by atoms with Crippen LogP contribution in [0.4, 0.5) is 5.69 Å². The summed E-state index contributed by atoms with van der Waals surface area (Å²) in [6.45, 7) is 2.19. The molecule has 6 atom stereocenters. The van der Waals surface area contributed by atoms with Gasteiger partial charge in [0.05, 0.1) is 23.2 Å². The number of allylic oxidation sites excluding steroid dienone is 1. The molecule has 29 heavy (non-hydrogen) atoms. The van der Waals surface area contributed by atoms with Crippen LogP contribution in [0.2, 0.25) is 0 Å². The zero-order valence-corrected chi connectivity index (χ0v) is 16.0. The molecule has 0 radical (unpaired) electrons. The summed E-state index contributed by atoms with van der Waals surface area (Å²) in [4.78, 5) is 22.8. The summed E-state index contributed by atoms with van der Waals surface area (Å²) >= 11 is 0. The van der Waals surface area contributed by atoms with Crippen molar-refractivity contribution in [3.8, 4) is 0 Å². The number of carbonyl (C=O) groups is 1. The number of nitro benzene ring substituents is 1. The largest absolute Gasteiger partial charge is 0.388 e. The predicted octanol–water partition coefficient (Wildman–Crippen LogP) is 1.60. The lowest BCUT2D eigenvalue weighted by Crippen LogP contribution is -2.62. The van der Waals surface area contributed by atoms with Crippen LogP contribution in [0.15, 0.2) is 30.3 Å². The van der Waals surface area contributed by atoms with Gasteiger partial charge in [-0.25, -0.2) is 0 Å². The van der Waals surface area contributed by atoms with Crippen LogP contribution in [0.25, 0.3) is 6.08 Å². The Labute approximate surface area is 168 Å². The van der Waals surface area contributed by atoms with Crippen molar-refractivity contribution < 1.29 is 34.1 Å². The molecule has 2 saturated heterocycles. The first kappa shape index (κ1) is 21.5. The van der Waals surface area contributed by atoms with Gasteiger partial charge in [0.1, 0.15) is 24.4 Å². The highest BCUT2D eigenvalue weighted by Crippen LogP contribution is 2.31. The minimum atomic E-state index is -1.29. The standard InChI is InChI=1S/C20H25NO8/c1-2-5-17-27-11-16-20(29-17)19(24)18(23)15(28-16)10-13(22)9-8-12-6-3-4-7-14(12)21(25)26/h3-4,6-9,15-20,23-24H,2,5,10-11H2,1H3/b9-8+/t15-,16+,17?,18-,19+,20+/m0/s1. The second-order valence-corrected chi connectivity index (χ2v) is 7.17. The molecule has 0 amide bonds. The number of rotatable bonds is 7. The zero-order valence-electron chi connectivity index (χ0n) is 16.0. The van der Waals surface area contributed by atoms with Gasteiger partial charge in [-0.3, -0.25) is 14.9 Å². The molecule has 3 rings (SSSR count). The van der Waals surface area contributed by atoms with Crippen molar-refractivity contribution in [1.82, 2.24) is 0 Å². The van der Waals surface area contributed by atoms with E-state index in [1.165, 1.54) is 24.3 Å². The van der Waals surface area contributed by atoms with Crippen LogP contribution in [-0.2, 0) is 19.0 Å². The third kappa shape index (κ3) is 5.06. The highest BCUT2D eigenvalue weighted by Gasteiger charge is 2.48. The zero-order chi connectivity index (χ0) is 21.0. The predicted molar refractivity (Wildman–Crippen MR) is 102 cm³/mol. The Bertz CT molecular complexity index is 765. The van der Waals surface area contributed by atoms with E-state index in [-0.39, 0.29) is 24.5 Å². The van der Waals surface area contributed by atoms with Crippen LogP contribution in [0, 0.1) is 10.1 Å². The molecule has 1 unspecified atom stereocenters. The molecule has 2 heterocycles. The van der Waals surface area contributed by atoms with Crippen molar-refractivity contribution in [3.63, 3.8) is 0 Å². The van der Waals surface area contributed by atoms with E-state index >= 15 is 0 Å². The fourth-order valence-corrected chi connectivity index (χ4v) is 3.54. The molecule has 9 heteroatoms. The Morgan fingerprint density at radius 2 is 2.03 bits per heavy atom. The summed E-state index contributed by atoms with van der Waals surface area (Å²) in [5.74, 6) is -0.389. The van der Waals surface area contributed by atoms with E-state index in [0.717, 1.165) is 6.42 Å². The molecule has 2 N–H and O–H groups in total. The molecule has 2 fully saturated rings. The molecule has 0 bridgehead atoms. The lowest BCUT2D eigenvalue weighted by atomic mass is 9.91. The first-order chi connectivity index (χ1) is 13.9.